The molecule has 2 N–H and O–H groups in total. The fourth-order valence-electron chi connectivity index (χ4n) is 2.67. The molecule has 1 heterocycles. The summed E-state index contributed by atoms with van der Waals surface area (Å²) < 4.78 is 15.1. The van der Waals surface area contributed by atoms with Gasteiger partial charge in [-0.05, 0) is 24.3 Å². The van der Waals surface area contributed by atoms with Crippen molar-refractivity contribution in [2.24, 2.45) is 7.05 Å². The van der Waals surface area contributed by atoms with E-state index in [0.717, 1.165) is 16.5 Å². The first-order chi connectivity index (χ1) is 11.1. The maximum absolute atomic E-state index is 13.1. The van der Waals surface area contributed by atoms with Crippen molar-refractivity contribution >= 4 is 16.8 Å². The molecule has 0 bridgehead atoms. The summed E-state index contributed by atoms with van der Waals surface area (Å²) in [5.41, 5.74) is 2.00. The van der Waals surface area contributed by atoms with Crippen molar-refractivity contribution in [1.29, 1.82) is 0 Å². The zero-order valence-corrected chi connectivity index (χ0v) is 12.7. The summed E-state index contributed by atoms with van der Waals surface area (Å²) >= 11 is 0. The number of amides is 1. The van der Waals surface area contributed by atoms with Crippen LogP contribution in [0.3, 0.4) is 0 Å². The standard InChI is InChI=1S/C18H17FN2O2/c1-21-11-15(14-7-2-3-8-16(14)21)17(22)10-20-18(23)12-5-4-6-13(19)9-12/h2-9,11,17,22H,10H2,1H3,(H,20,23). The molecule has 0 spiro atoms. The van der Waals surface area contributed by atoms with Crippen molar-refractivity contribution in [3.63, 3.8) is 0 Å². The summed E-state index contributed by atoms with van der Waals surface area (Å²) in [7, 11) is 1.91. The molecule has 1 amide bonds. The number of carbonyl (C=O) groups excluding carboxylic acids is 1. The van der Waals surface area contributed by atoms with Gasteiger partial charge in [-0.1, -0.05) is 24.3 Å². The van der Waals surface area contributed by atoms with Gasteiger partial charge in [0.1, 0.15) is 5.82 Å². The van der Waals surface area contributed by atoms with E-state index >= 15 is 0 Å². The van der Waals surface area contributed by atoms with E-state index in [4.69, 9.17) is 0 Å². The van der Waals surface area contributed by atoms with Crippen LogP contribution in [0, 0.1) is 5.82 Å². The summed E-state index contributed by atoms with van der Waals surface area (Å²) in [5, 5.41) is 14.0. The van der Waals surface area contributed by atoms with E-state index in [9.17, 15) is 14.3 Å². The molecule has 1 unspecified atom stereocenters. The van der Waals surface area contributed by atoms with Gasteiger partial charge in [-0.25, -0.2) is 4.39 Å². The normalized spacial score (nSPS) is 12.3. The number of aryl methyl sites for hydroxylation is 1. The van der Waals surface area contributed by atoms with Crippen LogP contribution in [0.15, 0.2) is 54.7 Å². The number of halogens is 1. The molecule has 5 heteroatoms. The van der Waals surface area contributed by atoms with Crippen molar-refractivity contribution in [3.05, 3.63) is 71.7 Å². The Bertz CT molecular complexity index is 857. The molecular weight excluding hydrogens is 295 g/mol. The minimum atomic E-state index is -0.835. The number of para-hydroxylation sites is 1. The van der Waals surface area contributed by atoms with E-state index < -0.39 is 17.8 Å². The second-order valence-corrected chi connectivity index (χ2v) is 5.45. The van der Waals surface area contributed by atoms with Crippen LogP contribution in [0.25, 0.3) is 10.9 Å². The first-order valence-electron chi connectivity index (χ1n) is 7.32. The minimum Gasteiger partial charge on any atom is -0.386 e. The Kier molecular flexibility index (Phi) is 4.12. The van der Waals surface area contributed by atoms with Gasteiger partial charge in [0, 0.05) is 41.8 Å². The third kappa shape index (κ3) is 3.10. The summed E-state index contributed by atoms with van der Waals surface area (Å²) in [6.45, 7) is 0.0589. The molecule has 2 aromatic carbocycles. The number of aromatic nitrogens is 1. The molecule has 0 fully saturated rings. The maximum atomic E-state index is 13.1. The fourth-order valence-corrected chi connectivity index (χ4v) is 2.67. The SMILES string of the molecule is Cn1cc(C(O)CNC(=O)c2cccc(F)c2)c2ccccc21. The van der Waals surface area contributed by atoms with Crippen LogP contribution in [0.1, 0.15) is 22.0 Å². The number of nitrogens with zero attached hydrogens (tertiary/aromatic N) is 1. The Morgan fingerprint density at radius 3 is 2.83 bits per heavy atom. The molecule has 4 nitrogen and oxygen atoms in total. The molecule has 118 valence electrons. The van der Waals surface area contributed by atoms with E-state index in [1.807, 2.05) is 42.1 Å². The lowest BCUT2D eigenvalue weighted by molar-refractivity contribution is 0.0916. The van der Waals surface area contributed by atoms with Crippen molar-refractivity contribution in [2.45, 2.75) is 6.10 Å². The number of aliphatic hydroxyl groups is 1. The quantitative estimate of drug-likeness (QED) is 0.778. The van der Waals surface area contributed by atoms with Crippen LogP contribution in [0.5, 0.6) is 0 Å². The minimum absolute atomic E-state index is 0.0589. The largest absolute Gasteiger partial charge is 0.386 e. The van der Waals surface area contributed by atoms with Crippen molar-refractivity contribution in [3.8, 4) is 0 Å². The van der Waals surface area contributed by atoms with E-state index in [-0.39, 0.29) is 12.1 Å². The monoisotopic (exact) mass is 312 g/mol. The topological polar surface area (TPSA) is 54.3 Å². The third-order valence-corrected chi connectivity index (χ3v) is 3.83. The zero-order valence-electron chi connectivity index (χ0n) is 12.7. The molecule has 1 atom stereocenters. The van der Waals surface area contributed by atoms with Gasteiger partial charge in [-0.15, -0.1) is 0 Å². The highest BCUT2D eigenvalue weighted by atomic mass is 19.1. The zero-order chi connectivity index (χ0) is 16.4. The highest BCUT2D eigenvalue weighted by Crippen LogP contribution is 2.25. The second kappa shape index (κ2) is 6.22. The van der Waals surface area contributed by atoms with Gasteiger partial charge in [-0.3, -0.25) is 4.79 Å². The van der Waals surface area contributed by atoms with Crippen LogP contribution >= 0.6 is 0 Å². The molecular formula is C18H17FN2O2. The van der Waals surface area contributed by atoms with E-state index in [0.29, 0.717) is 0 Å². The first-order valence-corrected chi connectivity index (χ1v) is 7.32. The molecule has 3 rings (SSSR count). The summed E-state index contributed by atoms with van der Waals surface area (Å²) in [6, 6.07) is 13.2. The highest BCUT2D eigenvalue weighted by molar-refractivity contribution is 5.94. The predicted octanol–water partition coefficient (Wildman–Crippen LogP) is 2.78. The Hall–Kier alpha value is -2.66. The van der Waals surface area contributed by atoms with Crippen LogP contribution in [0.4, 0.5) is 4.39 Å². The van der Waals surface area contributed by atoms with Gasteiger partial charge < -0.3 is 15.0 Å². The lowest BCUT2D eigenvalue weighted by atomic mass is 10.1. The Labute approximate surface area is 133 Å². The Morgan fingerprint density at radius 2 is 2.04 bits per heavy atom. The van der Waals surface area contributed by atoms with Crippen molar-refractivity contribution in [1.82, 2.24) is 9.88 Å². The summed E-state index contributed by atoms with van der Waals surface area (Å²) in [4.78, 5) is 12.0. The lowest BCUT2D eigenvalue weighted by Gasteiger charge is -2.11. The molecule has 0 saturated carbocycles. The first kappa shape index (κ1) is 15.2. The summed E-state index contributed by atoms with van der Waals surface area (Å²) in [5.74, 6) is -0.879. The number of hydrogen-bond acceptors (Lipinski definition) is 2. The number of carbonyl (C=O) groups is 1. The van der Waals surface area contributed by atoms with E-state index in [1.54, 1.807) is 0 Å². The molecule has 0 radical (unpaired) electrons. The number of nitrogens with one attached hydrogen (secondary N) is 1. The number of fused-ring (bicyclic) bond motifs is 1. The molecule has 0 aliphatic heterocycles. The van der Waals surface area contributed by atoms with E-state index in [2.05, 4.69) is 5.32 Å². The average molecular weight is 312 g/mol. The van der Waals surface area contributed by atoms with Gasteiger partial charge in [0.2, 0.25) is 0 Å². The van der Waals surface area contributed by atoms with E-state index in [1.165, 1.54) is 24.3 Å². The van der Waals surface area contributed by atoms with Crippen LogP contribution in [-0.2, 0) is 7.05 Å². The number of aliphatic hydroxyl groups excluding tert-OH is 1. The highest BCUT2D eigenvalue weighted by Gasteiger charge is 2.16. The van der Waals surface area contributed by atoms with Gasteiger partial charge in [0.25, 0.3) is 5.91 Å². The molecule has 23 heavy (non-hydrogen) atoms. The van der Waals surface area contributed by atoms with Crippen LogP contribution < -0.4 is 5.32 Å². The number of benzene rings is 2. The van der Waals surface area contributed by atoms with Crippen LogP contribution in [-0.4, -0.2) is 22.1 Å². The predicted molar refractivity (Wildman–Crippen MR) is 86.6 cm³/mol. The Morgan fingerprint density at radius 1 is 1.26 bits per heavy atom. The molecule has 3 aromatic rings. The number of hydrogen-bond donors (Lipinski definition) is 2. The fraction of sp³-hybridized carbons (Fsp3) is 0.167. The van der Waals surface area contributed by atoms with Crippen molar-refractivity contribution in [2.75, 3.05) is 6.54 Å². The lowest BCUT2D eigenvalue weighted by Crippen LogP contribution is -2.28. The molecule has 0 aliphatic rings. The Balaban J connectivity index is 1.74. The van der Waals surface area contributed by atoms with Gasteiger partial charge in [-0.2, -0.15) is 0 Å². The molecule has 1 aromatic heterocycles. The summed E-state index contributed by atoms with van der Waals surface area (Å²) in [6.07, 6.45) is 1.02. The molecule has 0 aliphatic carbocycles. The maximum Gasteiger partial charge on any atom is 0.251 e. The number of rotatable bonds is 4. The third-order valence-electron chi connectivity index (χ3n) is 3.83. The second-order valence-electron chi connectivity index (χ2n) is 5.45. The average Bonchev–Trinajstić information content (AvgIpc) is 2.90. The van der Waals surface area contributed by atoms with Crippen molar-refractivity contribution < 1.29 is 14.3 Å². The van der Waals surface area contributed by atoms with Gasteiger partial charge >= 0.3 is 0 Å². The van der Waals surface area contributed by atoms with Gasteiger partial charge in [0.15, 0.2) is 0 Å². The van der Waals surface area contributed by atoms with Gasteiger partial charge in [0.05, 0.1) is 6.10 Å². The smallest absolute Gasteiger partial charge is 0.251 e. The molecule has 0 saturated heterocycles. The van der Waals surface area contributed by atoms with Crippen LogP contribution in [0.2, 0.25) is 0 Å².